The number of benzene rings is 3. The number of hydrogen-bond donors (Lipinski definition) is 3. The largest absolute Gasteiger partial charge is 0.399 e. The van der Waals surface area contributed by atoms with Crippen molar-refractivity contribution in [1.82, 2.24) is 15.1 Å². The monoisotopic (exact) mass is 725 g/mol. The molecule has 2 aliphatic rings. The molecule has 3 amide bonds. The van der Waals surface area contributed by atoms with E-state index in [0.717, 1.165) is 34.6 Å². The van der Waals surface area contributed by atoms with Gasteiger partial charge in [-0.25, -0.2) is 0 Å². The van der Waals surface area contributed by atoms with Gasteiger partial charge in [0.2, 0.25) is 11.8 Å². The average molecular weight is 726 g/mol. The van der Waals surface area contributed by atoms with Crippen LogP contribution >= 0.6 is 18.9 Å². The van der Waals surface area contributed by atoms with Crippen LogP contribution in [0.4, 0.5) is 8.78 Å². The summed E-state index contributed by atoms with van der Waals surface area (Å²) in [6, 6.07) is 22.3. The van der Waals surface area contributed by atoms with Gasteiger partial charge in [-0.05, 0) is 66.8 Å². The molecule has 0 aliphatic carbocycles. The lowest BCUT2D eigenvalue weighted by Crippen LogP contribution is -2.55. The van der Waals surface area contributed by atoms with Crippen molar-refractivity contribution < 1.29 is 42.3 Å². The molecule has 14 heteroatoms. The fraction of sp³-hybridized carbons (Fsp3) is 0.361. The number of fused-ring (bicyclic) bond motifs is 1. The number of carbonyl (C=O) groups is 3. The summed E-state index contributed by atoms with van der Waals surface area (Å²) in [6.07, 6.45) is 2.40. The average Bonchev–Trinajstić information content (AvgIpc) is 3.79. The number of morpholine rings is 1. The molecule has 4 aromatic rings. The summed E-state index contributed by atoms with van der Waals surface area (Å²) >= 11 is 1.01. The van der Waals surface area contributed by atoms with Crippen molar-refractivity contribution in [2.45, 2.75) is 56.0 Å². The zero-order chi connectivity index (χ0) is 35.5. The quantitative estimate of drug-likeness (QED) is 0.165. The first kappa shape index (κ1) is 35.8. The Morgan fingerprint density at radius 1 is 1.00 bits per heavy atom. The van der Waals surface area contributed by atoms with Crippen LogP contribution in [0.2, 0.25) is 0 Å². The van der Waals surface area contributed by atoms with Crippen LogP contribution in [0.25, 0.3) is 10.1 Å². The summed E-state index contributed by atoms with van der Waals surface area (Å²) in [5.41, 5.74) is -3.21. The van der Waals surface area contributed by atoms with Crippen molar-refractivity contribution in [2.24, 2.45) is 0 Å². The normalized spacial score (nSPS) is 19.0. The first-order chi connectivity index (χ1) is 23.9. The van der Waals surface area contributed by atoms with Gasteiger partial charge in [0.15, 0.2) is 0 Å². The Morgan fingerprint density at radius 2 is 1.72 bits per heavy atom. The van der Waals surface area contributed by atoms with Gasteiger partial charge in [-0.15, -0.1) is 11.3 Å². The molecule has 3 heterocycles. The molecule has 3 aromatic carbocycles. The third-order valence-corrected chi connectivity index (χ3v) is 11.3. The minimum atomic E-state index is -5.78. The highest BCUT2D eigenvalue weighted by atomic mass is 32.1. The van der Waals surface area contributed by atoms with E-state index in [1.807, 2.05) is 60.7 Å². The SMILES string of the molecule is O=C(N[C@@H](CCCc1ccccc1)C(=O)N1CCC[C@H]1C(=O)N1CCO[C@H](c2ccccc2)C1)c1cc2cc(C(F)(F)P(=O)(O)O)ccc2s1. The maximum absolute atomic E-state index is 14.4. The van der Waals surface area contributed by atoms with Crippen LogP contribution in [0.3, 0.4) is 0 Å². The van der Waals surface area contributed by atoms with Crippen molar-refractivity contribution in [3.05, 3.63) is 106 Å². The molecule has 2 aliphatic heterocycles. The van der Waals surface area contributed by atoms with E-state index in [4.69, 9.17) is 14.5 Å². The number of carbonyl (C=O) groups excluding carboxylic acids is 3. The predicted molar refractivity (Wildman–Crippen MR) is 185 cm³/mol. The number of likely N-dealkylation sites (tertiary alicyclic amines) is 1. The van der Waals surface area contributed by atoms with Crippen LogP contribution in [0, 0.1) is 0 Å². The second kappa shape index (κ2) is 15.1. The molecule has 3 N–H and O–H groups in total. The highest BCUT2D eigenvalue weighted by Gasteiger charge is 2.50. The Hall–Kier alpha value is -4.00. The predicted octanol–water partition coefficient (Wildman–Crippen LogP) is 5.84. The van der Waals surface area contributed by atoms with E-state index in [1.165, 1.54) is 12.1 Å². The van der Waals surface area contributed by atoms with Crippen molar-refractivity contribution in [3.63, 3.8) is 0 Å². The number of alkyl halides is 2. The Bertz CT molecular complexity index is 1890. The Kier molecular flexibility index (Phi) is 10.8. The minimum Gasteiger partial charge on any atom is -0.370 e. The van der Waals surface area contributed by atoms with Gasteiger partial charge in [0, 0.05) is 23.4 Å². The van der Waals surface area contributed by atoms with Gasteiger partial charge in [-0.1, -0.05) is 66.7 Å². The van der Waals surface area contributed by atoms with Crippen LogP contribution in [0.15, 0.2) is 84.9 Å². The third kappa shape index (κ3) is 7.82. The van der Waals surface area contributed by atoms with Gasteiger partial charge in [0.05, 0.1) is 18.0 Å². The van der Waals surface area contributed by atoms with Crippen LogP contribution in [0.1, 0.15) is 58.1 Å². The first-order valence-corrected chi connectivity index (χ1v) is 18.9. The molecule has 2 saturated heterocycles. The molecule has 2 fully saturated rings. The standard InChI is InChI=1S/C36H38F2N3O7PS/c37-36(38,49(45,46)47)27-16-17-31-26(21-27)22-32(50-31)33(42)39-28(14-7-11-24-9-3-1-4-10-24)34(43)41-18-8-15-29(41)35(44)40-19-20-48-30(23-40)25-12-5-2-6-13-25/h1-6,9-10,12-13,16-17,21-22,28-30H,7-8,11,14-15,18-20,23H2,(H,39,42)(H2,45,46,47)/t28-,29-,30-/m0/s1. The highest BCUT2D eigenvalue weighted by molar-refractivity contribution is 7.52. The molecule has 0 spiro atoms. The second-order valence-electron chi connectivity index (χ2n) is 12.6. The summed E-state index contributed by atoms with van der Waals surface area (Å²) < 4.78 is 46.6. The minimum absolute atomic E-state index is 0.145. The lowest BCUT2D eigenvalue weighted by atomic mass is 10.0. The molecule has 1 aromatic heterocycles. The summed E-state index contributed by atoms with van der Waals surface area (Å²) in [5, 5.41) is 3.07. The van der Waals surface area contributed by atoms with Gasteiger partial charge in [-0.3, -0.25) is 18.9 Å². The van der Waals surface area contributed by atoms with E-state index in [2.05, 4.69) is 5.32 Å². The zero-order valence-corrected chi connectivity index (χ0v) is 28.8. The van der Waals surface area contributed by atoms with Crippen LogP contribution in [0.5, 0.6) is 0 Å². The zero-order valence-electron chi connectivity index (χ0n) is 27.1. The van der Waals surface area contributed by atoms with E-state index in [9.17, 15) is 27.7 Å². The number of rotatable bonds is 11. The molecular formula is C36H38F2N3O7PS. The number of hydrogen-bond acceptors (Lipinski definition) is 6. The lowest BCUT2D eigenvalue weighted by Gasteiger charge is -2.37. The van der Waals surface area contributed by atoms with E-state index in [0.29, 0.717) is 63.0 Å². The summed E-state index contributed by atoms with van der Waals surface area (Å²) in [4.78, 5) is 63.6. The van der Waals surface area contributed by atoms with E-state index < -0.39 is 36.8 Å². The second-order valence-corrected chi connectivity index (χ2v) is 15.3. The molecule has 0 bridgehead atoms. The van der Waals surface area contributed by atoms with Crippen LogP contribution in [-0.2, 0) is 31.0 Å². The number of halogens is 2. The molecule has 50 heavy (non-hydrogen) atoms. The van der Waals surface area contributed by atoms with Crippen molar-refractivity contribution >= 4 is 46.7 Å². The summed E-state index contributed by atoms with van der Waals surface area (Å²) in [6.45, 7) is 1.52. The van der Waals surface area contributed by atoms with E-state index in [-0.39, 0.29) is 28.2 Å². The number of nitrogens with one attached hydrogen (secondary N) is 1. The number of amides is 3. The number of ether oxygens (including phenoxy) is 1. The van der Waals surface area contributed by atoms with Crippen LogP contribution < -0.4 is 5.32 Å². The van der Waals surface area contributed by atoms with Crippen molar-refractivity contribution in [1.29, 1.82) is 0 Å². The Morgan fingerprint density at radius 3 is 2.44 bits per heavy atom. The maximum Gasteiger partial charge on any atom is 0.399 e. The van der Waals surface area contributed by atoms with Gasteiger partial charge in [-0.2, -0.15) is 8.78 Å². The molecule has 0 radical (unpaired) electrons. The fourth-order valence-corrected chi connectivity index (χ4v) is 7.99. The fourth-order valence-electron chi connectivity index (χ4n) is 6.57. The molecule has 0 unspecified atom stereocenters. The molecule has 3 atom stereocenters. The number of thiophene rings is 1. The Labute approximate surface area is 292 Å². The molecule has 264 valence electrons. The molecular weight excluding hydrogens is 687 g/mol. The van der Waals surface area contributed by atoms with Gasteiger partial charge < -0.3 is 29.6 Å². The highest BCUT2D eigenvalue weighted by Crippen LogP contribution is 2.59. The van der Waals surface area contributed by atoms with Gasteiger partial charge >= 0.3 is 13.3 Å². The molecule has 6 rings (SSSR count). The smallest absolute Gasteiger partial charge is 0.370 e. The summed E-state index contributed by atoms with van der Waals surface area (Å²) in [7, 11) is -5.78. The lowest BCUT2D eigenvalue weighted by molar-refractivity contribution is -0.149. The molecule has 10 nitrogen and oxygen atoms in total. The first-order valence-electron chi connectivity index (χ1n) is 16.5. The third-order valence-electron chi connectivity index (χ3n) is 9.23. The van der Waals surface area contributed by atoms with E-state index in [1.54, 1.807) is 9.80 Å². The number of aryl methyl sites for hydroxylation is 1. The van der Waals surface area contributed by atoms with Crippen molar-refractivity contribution in [2.75, 3.05) is 26.2 Å². The number of nitrogens with zero attached hydrogens (tertiary/aromatic N) is 2. The maximum atomic E-state index is 14.4. The topological polar surface area (TPSA) is 136 Å². The van der Waals surface area contributed by atoms with E-state index >= 15 is 0 Å². The van der Waals surface area contributed by atoms with Crippen LogP contribution in [-0.4, -0.2) is 75.6 Å². The van der Waals surface area contributed by atoms with Crippen molar-refractivity contribution in [3.8, 4) is 0 Å². The summed E-state index contributed by atoms with van der Waals surface area (Å²) in [5.74, 6) is -1.10. The van der Waals surface area contributed by atoms with Gasteiger partial charge in [0.1, 0.15) is 18.2 Å². The molecule has 0 saturated carbocycles. The van der Waals surface area contributed by atoms with Gasteiger partial charge in [0.25, 0.3) is 5.91 Å². The Balaban J connectivity index is 1.20.